The lowest BCUT2D eigenvalue weighted by atomic mass is 10.1. The van der Waals surface area contributed by atoms with Gasteiger partial charge in [-0.1, -0.05) is 12.1 Å². The number of nitrogens with zero attached hydrogens (tertiary/aromatic N) is 2. The number of likely N-dealkylation sites (tertiary alicyclic amines) is 1. The van der Waals surface area contributed by atoms with Crippen molar-refractivity contribution >= 4 is 11.6 Å². The fourth-order valence-electron chi connectivity index (χ4n) is 2.45. The van der Waals surface area contributed by atoms with Crippen LogP contribution in [-0.4, -0.2) is 48.8 Å². The lowest BCUT2D eigenvalue weighted by Gasteiger charge is -2.18. The van der Waals surface area contributed by atoms with Gasteiger partial charge in [-0.3, -0.25) is 9.69 Å². The predicted molar refractivity (Wildman–Crippen MR) is 71.1 cm³/mol. The van der Waals surface area contributed by atoms with Crippen molar-refractivity contribution in [3.05, 3.63) is 11.5 Å². The van der Waals surface area contributed by atoms with Gasteiger partial charge in [-0.05, 0) is 20.4 Å². The van der Waals surface area contributed by atoms with Crippen LogP contribution < -0.4 is 5.32 Å². The molecule has 6 heteroatoms. The van der Waals surface area contributed by atoms with Crippen LogP contribution in [0.15, 0.2) is 4.52 Å². The Morgan fingerprint density at radius 3 is 2.95 bits per heavy atom. The number of hydrogen-bond donors (Lipinski definition) is 1. The average molecular weight is 267 g/mol. The highest BCUT2D eigenvalue weighted by Crippen LogP contribution is 2.24. The molecule has 106 valence electrons. The van der Waals surface area contributed by atoms with Gasteiger partial charge in [0.2, 0.25) is 5.91 Å². The van der Waals surface area contributed by atoms with Crippen LogP contribution in [0, 0.1) is 6.92 Å². The number of carbonyl (C=O) groups is 1. The fraction of sp³-hybridized carbons (Fsp3) is 0.692. The third-order valence-corrected chi connectivity index (χ3v) is 3.65. The molecule has 0 aromatic carbocycles. The Morgan fingerprint density at radius 1 is 1.63 bits per heavy atom. The van der Waals surface area contributed by atoms with Gasteiger partial charge in [-0.25, -0.2) is 0 Å². The second kappa shape index (κ2) is 5.71. The molecule has 0 aliphatic carbocycles. The Balaban J connectivity index is 2.07. The summed E-state index contributed by atoms with van der Waals surface area (Å²) in [6, 6.07) is -0.163. The number of methoxy groups -OCH3 is 1. The average Bonchev–Trinajstić information content (AvgIpc) is 2.94. The number of aryl methyl sites for hydroxylation is 2. The number of carbonyl (C=O) groups excluding carboxylic acids is 1. The van der Waals surface area contributed by atoms with E-state index in [1.165, 1.54) is 0 Å². The molecular formula is C13H21N3O3. The van der Waals surface area contributed by atoms with E-state index in [1.807, 2.05) is 25.8 Å². The molecule has 1 aliphatic rings. The zero-order valence-corrected chi connectivity index (χ0v) is 11.9. The number of rotatable bonds is 4. The largest absolute Gasteiger partial charge is 0.380 e. The van der Waals surface area contributed by atoms with Crippen molar-refractivity contribution in [3.8, 4) is 0 Å². The molecule has 0 spiro atoms. The summed E-state index contributed by atoms with van der Waals surface area (Å²) in [5.74, 6) is 0.692. The minimum Gasteiger partial charge on any atom is -0.380 e. The van der Waals surface area contributed by atoms with Crippen molar-refractivity contribution in [1.82, 2.24) is 10.1 Å². The molecule has 0 saturated carbocycles. The number of likely N-dealkylation sites (N-methyl/N-ethyl adjacent to an activating group) is 1. The van der Waals surface area contributed by atoms with Gasteiger partial charge in [-0.15, -0.1) is 0 Å². The third kappa shape index (κ3) is 2.79. The maximum Gasteiger partial charge on any atom is 0.241 e. The fourth-order valence-corrected chi connectivity index (χ4v) is 2.45. The van der Waals surface area contributed by atoms with Crippen LogP contribution in [-0.2, 0) is 16.0 Å². The Hall–Kier alpha value is -1.40. The molecule has 19 heavy (non-hydrogen) atoms. The molecule has 1 fully saturated rings. The Labute approximate surface area is 113 Å². The number of anilines is 1. The standard InChI is InChI=1S/C13H21N3O3/c1-5-11-12(8(2)15-19-11)14-13(17)10-6-9(18-4)7-16(10)3/h9-10H,5-7H2,1-4H3,(H,14,17)/t9-,10-/m0/s1. The SMILES string of the molecule is CCc1onc(C)c1NC(=O)[C@@H]1C[C@H](OC)CN1C. The summed E-state index contributed by atoms with van der Waals surface area (Å²) in [6.07, 6.45) is 1.54. The number of nitrogens with one attached hydrogen (secondary N) is 1. The number of amides is 1. The van der Waals surface area contributed by atoms with E-state index in [4.69, 9.17) is 9.26 Å². The first kappa shape index (κ1) is 14.0. The Kier molecular flexibility index (Phi) is 4.21. The molecule has 6 nitrogen and oxygen atoms in total. The van der Waals surface area contributed by atoms with E-state index in [0.29, 0.717) is 24.2 Å². The molecule has 2 rings (SSSR count). The highest BCUT2D eigenvalue weighted by Gasteiger charge is 2.35. The van der Waals surface area contributed by atoms with Gasteiger partial charge in [0.15, 0.2) is 5.76 Å². The van der Waals surface area contributed by atoms with Crippen LogP contribution >= 0.6 is 0 Å². The molecule has 2 atom stereocenters. The van der Waals surface area contributed by atoms with E-state index in [-0.39, 0.29) is 18.1 Å². The maximum absolute atomic E-state index is 12.3. The van der Waals surface area contributed by atoms with E-state index in [0.717, 1.165) is 12.3 Å². The van der Waals surface area contributed by atoms with Crippen LogP contribution in [0.5, 0.6) is 0 Å². The molecule has 1 amide bonds. The van der Waals surface area contributed by atoms with Crippen molar-refractivity contribution < 1.29 is 14.1 Å². The first-order valence-corrected chi connectivity index (χ1v) is 6.55. The minimum absolute atomic E-state index is 0.0250. The summed E-state index contributed by atoms with van der Waals surface area (Å²) in [5, 5.41) is 6.82. The monoisotopic (exact) mass is 267 g/mol. The van der Waals surface area contributed by atoms with Gasteiger partial charge in [0.05, 0.1) is 12.1 Å². The molecule has 0 radical (unpaired) electrons. The van der Waals surface area contributed by atoms with Crippen molar-refractivity contribution in [2.75, 3.05) is 26.0 Å². The quantitative estimate of drug-likeness (QED) is 0.888. The summed E-state index contributed by atoms with van der Waals surface area (Å²) in [7, 11) is 3.61. The molecule has 1 aromatic heterocycles. The molecule has 2 heterocycles. The van der Waals surface area contributed by atoms with Crippen LogP contribution in [0.1, 0.15) is 24.8 Å². The molecule has 1 aliphatic heterocycles. The summed E-state index contributed by atoms with van der Waals surface area (Å²) in [4.78, 5) is 14.3. The highest BCUT2D eigenvalue weighted by atomic mass is 16.5. The highest BCUT2D eigenvalue weighted by molar-refractivity contribution is 5.95. The van der Waals surface area contributed by atoms with Crippen molar-refractivity contribution in [2.45, 2.75) is 38.8 Å². The van der Waals surface area contributed by atoms with Crippen LogP contribution in [0.25, 0.3) is 0 Å². The second-order valence-electron chi connectivity index (χ2n) is 4.96. The molecule has 0 unspecified atom stereocenters. The zero-order valence-electron chi connectivity index (χ0n) is 11.9. The summed E-state index contributed by atoms with van der Waals surface area (Å²) in [6.45, 7) is 4.57. The minimum atomic E-state index is -0.163. The summed E-state index contributed by atoms with van der Waals surface area (Å²) >= 11 is 0. The topological polar surface area (TPSA) is 67.6 Å². The van der Waals surface area contributed by atoms with Gasteiger partial charge in [0.25, 0.3) is 0 Å². The summed E-state index contributed by atoms with van der Waals surface area (Å²) < 4.78 is 10.5. The number of aromatic nitrogens is 1. The van der Waals surface area contributed by atoms with Gasteiger partial charge >= 0.3 is 0 Å². The van der Waals surface area contributed by atoms with E-state index >= 15 is 0 Å². The molecule has 0 bridgehead atoms. The van der Waals surface area contributed by atoms with Gasteiger partial charge in [0, 0.05) is 20.1 Å². The molecule has 1 aromatic rings. The third-order valence-electron chi connectivity index (χ3n) is 3.65. The normalized spacial score (nSPS) is 23.8. The smallest absolute Gasteiger partial charge is 0.241 e. The van der Waals surface area contributed by atoms with E-state index in [1.54, 1.807) is 7.11 Å². The van der Waals surface area contributed by atoms with Crippen LogP contribution in [0.3, 0.4) is 0 Å². The lowest BCUT2D eigenvalue weighted by Crippen LogP contribution is -2.37. The van der Waals surface area contributed by atoms with Crippen molar-refractivity contribution in [1.29, 1.82) is 0 Å². The van der Waals surface area contributed by atoms with E-state index in [2.05, 4.69) is 10.5 Å². The maximum atomic E-state index is 12.3. The van der Waals surface area contributed by atoms with Gasteiger partial charge in [0.1, 0.15) is 11.4 Å². The van der Waals surface area contributed by atoms with E-state index < -0.39 is 0 Å². The summed E-state index contributed by atoms with van der Waals surface area (Å²) in [5.41, 5.74) is 1.43. The molecular weight excluding hydrogens is 246 g/mol. The van der Waals surface area contributed by atoms with Crippen molar-refractivity contribution in [3.63, 3.8) is 0 Å². The first-order valence-electron chi connectivity index (χ1n) is 6.55. The Bertz CT molecular complexity index is 458. The Morgan fingerprint density at radius 2 is 2.37 bits per heavy atom. The van der Waals surface area contributed by atoms with E-state index in [9.17, 15) is 4.79 Å². The molecule has 1 N–H and O–H groups in total. The van der Waals surface area contributed by atoms with Crippen molar-refractivity contribution in [2.24, 2.45) is 0 Å². The number of hydrogen-bond acceptors (Lipinski definition) is 5. The second-order valence-corrected chi connectivity index (χ2v) is 4.96. The van der Waals surface area contributed by atoms with Gasteiger partial charge < -0.3 is 14.6 Å². The van der Waals surface area contributed by atoms with Crippen LogP contribution in [0.4, 0.5) is 5.69 Å². The van der Waals surface area contributed by atoms with Crippen LogP contribution in [0.2, 0.25) is 0 Å². The van der Waals surface area contributed by atoms with Gasteiger partial charge in [-0.2, -0.15) is 0 Å². The lowest BCUT2D eigenvalue weighted by molar-refractivity contribution is -0.120. The molecule has 1 saturated heterocycles. The number of ether oxygens (including phenoxy) is 1. The first-order chi connectivity index (χ1) is 9.06. The zero-order chi connectivity index (χ0) is 14.0. The predicted octanol–water partition coefficient (Wildman–Crippen LogP) is 1.20.